The van der Waals surface area contributed by atoms with Crippen molar-refractivity contribution in [2.75, 3.05) is 26.4 Å². The molecule has 3 saturated carbocycles. The zero-order chi connectivity index (χ0) is 19.9. The number of ether oxygens (including phenoxy) is 4. The summed E-state index contributed by atoms with van der Waals surface area (Å²) < 4.78 is 24.4. The van der Waals surface area contributed by atoms with E-state index in [1.54, 1.807) is 0 Å². The summed E-state index contributed by atoms with van der Waals surface area (Å²) in [6.45, 7) is 4.96. The second kappa shape index (κ2) is 6.08. The highest BCUT2D eigenvalue weighted by Crippen LogP contribution is 2.67. The average Bonchev–Trinajstić information content (AvgIpc) is 3.42. The maximum atomic E-state index is 11.7. The molecule has 0 aromatic carbocycles. The molecule has 5 atom stereocenters. The van der Waals surface area contributed by atoms with Gasteiger partial charge in [-0.1, -0.05) is 12.8 Å². The molecule has 2 heterocycles. The molecule has 0 aromatic rings. The van der Waals surface area contributed by atoms with Crippen molar-refractivity contribution >= 4 is 0 Å². The Hall–Kier alpha value is -0.900. The van der Waals surface area contributed by atoms with Crippen LogP contribution in [0, 0.1) is 35.5 Å². The van der Waals surface area contributed by atoms with E-state index in [0.29, 0.717) is 44.7 Å². The van der Waals surface area contributed by atoms with Crippen LogP contribution in [0.2, 0.25) is 0 Å². The zero-order valence-corrected chi connectivity index (χ0v) is 17.4. The fourth-order valence-electron chi connectivity index (χ4n) is 8.04. The van der Waals surface area contributed by atoms with Crippen molar-refractivity contribution < 1.29 is 24.1 Å². The van der Waals surface area contributed by atoms with Crippen molar-refractivity contribution in [1.29, 1.82) is 0 Å². The summed E-state index contributed by atoms with van der Waals surface area (Å²) in [5.41, 5.74) is 1.68. The largest absolute Gasteiger partial charge is 0.385 e. The Kier molecular flexibility index (Phi) is 3.95. The van der Waals surface area contributed by atoms with Gasteiger partial charge in [-0.05, 0) is 55.1 Å². The molecule has 29 heavy (non-hydrogen) atoms. The molecule has 1 N–H and O–H groups in total. The van der Waals surface area contributed by atoms with Crippen LogP contribution in [0.3, 0.4) is 0 Å². The number of rotatable bonds is 0. The van der Waals surface area contributed by atoms with Crippen LogP contribution in [0.25, 0.3) is 0 Å². The van der Waals surface area contributed by atoms with E-state index in [0.717, 1.165) is 44.9 Å². The quantitative estimate of drug-likeness (QED) is 0.500. The highest BCUT2D eigenvalue weighted by atomic mass is 16.7. The molecule has 0 radical (unpaired) electrons. The molecule has 0 bridgehead atoms. The zero-order valence-electron chi connectivity index (χ0n) is 17.4. The lowest BCUT2D eigenvalue weighted by Gasteiger charge is -2.56. The van der Waals surface area contributed by atoms with Gasteiger partial charge in [-0.3, -0.25) is 0 Å². The van der Waals surface area contributed by atoms with Gasteiger partial charge in [0.25, 0.3) is 0 Å². The first-order valence-electron chi connectivity index (χ1n) is 11.4. The monoisotopic (exact) mass is 400 g/mol. The maximum absolute atomic E-state index is 11.7. The third-order valence-corrected chi connectivity index (χ3v) is 9.23. The van der Waals surface area contributed by atoms with Gasteiger partial charge in [0.05, 0.1) is 32.0 Å². The molecule has 5 nitrogen and oxygen atoms in total. The Bertz CT molecular complexity index is 784. The number of terminal acetylenes is 1. The molecule has 2 saturated heterocycles. The molecular weight excluding hydrogens is 368 g/mol. The van der Waals surface area contributed by atoms with E-state index in [4.69, 9.17) is 25.4 Å². The van der Waals surface area contributed by atoms with Crippen molar-refractivity contribution in [2.45, 2.75) is 75.5 Å². The van der Waals surface area contributed by atoms with Crippen LogP contribution in [0.15, 0.2) is 11.1 Å². The molecule has 5 heteroatoms. The van der Waals surface area contributed by atoms with Crippen molar-refractivity contribution in [1.82, 2.24) is 0 Å². The summed E-state index contributed by atoms with van der Waals surface area (Å²) in [5.74, 6) is 3.04. The van der Waals surface area contributed by atoms with Crippen LogP contribution in [0.4, 0.5) is 0 Å². The Morgan fingerprint density at radius 2 is 1.72 bits per heavy atom. The minimum Gasteiger partial charge on any atom is -0.385 e. The van der Waals surface area contributed by atoms with Gasteiger partial charge >= 0.3 is 0 Å². The van der Waals surface area contributed by atoms with E-state index in [9.17, 15) is 5.11 Å². The van der Waals surface area contributed by atoms with E-state index in [1.165, 1.54) is 11.1 Å². The number of hydrogen-bond acceptors (Lipinski definition) is 5. The first-order chi connectivity index (χ1) is 13.9. The second-order valence-electron chi connectivity index (χ2n) is 10.3. The topological polar surface area (TPSA) is 57.2 Å². The summed E-state index contributed by atoms with van der Waals surface area (Å²) in [6, 6.07) is 0. The highest BCUT2D eigenvalue weighted by molar-refractivity contribution is 5.40. The van der Waals surface area contributed by atoms with Gasteiger partial charge in [-0.25, -0.2) is 0 Å². The minimum atomic E-state index is -0.839. The van der Waals surface area contributed by atoms with E-state index in [-0.39, 0.29) is 11.3 Å². The van der Waals surface area contributed by atoms with Gasteiger partial charge in [-0.15, -0.1) is 6.42 Å². The normalized spacial score (nSPS) is 47.1. The standard InChI is InChI=1S/C24H32O5/c1-3-16-14-21(2)18(6-9-24(21)28-12-13-29-24)17-4-7-22(25)15-23(26-10-11-27-23)8-5-19(22)20(16)17/h1,16-18,25H,4-15H2,2H3/t16?,17-,18-,21-,22+/m0/s1. The van der Waals surface area contributed by atoms with Crippen LogP contribution in [-0.2, 0) is 18.9 Å². The number of allylic oxidation sites excluding steroid dienone is 1. The van der Waals surface area contributed by atoms with Crippen molar-refractivity contribution in [3.05, 3.63) is 11.1 Å². The van der Waals surface area contributed by atoms with Gasteiger partial charge in [0.2, 0.25) is 0 Å². The lowest BCUT2D eigenvalue weighted by molar-refractivity contribution is -0.236. The first kappa shape index (κ1) is 18.8. The molecule has 1 unspecified atom stereocenters. The Balaban J connectivity index is 1.41. The first-order valence-corrected chi connectivity index (χ1v) is 11.4. The number of hydrogen-bond donors (Lipinski definition) is 1. The molecule has 0 aromatic heterocycles. The van der Waals surface area contributed by atoms with E-state index in [2.05, 4.69) is 12.8 Å². The van der Waals surface area contributed by atoms with Gasteiger partial charge in [-0.2, -0.15) is 0 Å². The average molecular weight is 401 g/mol. The van der Waals surface area contributed by atoms with Crippen LogP contribution in [0.1, 0.15) is 58.3 Å². The second-order valence-corrected chi connectivity index (χ2v) is 10.3. The lowest BCUT2D eigenvalue weighted by atomic mass is 9.51. The van der Waals surface area contributed by atoms with E-state index >= 15 is 0 Å². The van der Waals surface area contributed by atoms with Crippen LogP contribution >= 0.6 is 0 Å². The molecule has 5 fully saturated rings. The summed E-state index contributed by atoms with van der Waals surface area (Å²) in [6.07, 6.45) is 13.0. The molecule has 6 rings (SSSR count). The maximum Gasteiger partial charge on any atom is 0.174 e. The SMILES string of the molecule is C#CC1C[C@@]2(C)[C@@H](CCC23OCCO3)[C@@H]2CC[C@@]3(O)CC4(CCC3=C12)OCCO4. The van der Waals surface area contributed by atoms with Crippen LogP contribution < -0.4 is 0 Å². The summed E-state index contributed by atoms with van der Waals surface area (Å²) in [4.78, 5) is 0. The summed E-state index contributed by atoms with van der Waals surface area (Å²) in [5, 5.41) is 11.7. The van der Waals surface area contributed by atoms with E-state index < -0.39 is 17.2 Å². The summed E-state index contributed by atoms with van der Waals surface area (Å²) >= 11 is 0. The molecule has 6 aliphatic rings. The number of aliphatic hydroxyl groups is 1. The van der Waals surface area contributed by atoms with E-state index in [1.807, 2.05) is 0 Å². The van der Waals surface area contributed by atoms with Gasteiger partial charge in [0, 0.05) is 30.6 Å². The van der Waals surface area contributed by atoms with Gasteiger partial charge in [0.15, 0.2) is 11.6 Å². The minimum absolute atomic E-state index is 0.0466. The summed E-state index contributed by atoms with van der Waals surface area (Å²) in [7, 11) is 0. The molecule has 158 valence electrons. The predicted molar refractivity (Wildman–Crippen MR) is 106 cm³/mol. The highest BCUT2D eigenvalue weighted by Gasteiger charge is 2.67. The number of fused-ring (bicyclic) bond motifs is 5. The predicted octanol–water partition coefficient (Wildman–Crippen LogP) is 3.16. The van der Waals surface area contributed by atoms with Gasteiger partial charge < -0.3 is 24.1 Å². The van der Waals surface area contributed by atoms with Crippen LogP contribution in [-0.4, -0.2) is 48.7 Å². The Morgan fingerprint density at radius 1 is 1.00 bits per heavy atom. The Labute approximate surface area is 173 Å². The third-order valence-electron chi connectivity index (χ3n) is 9.23. The molecule has 0 amide bonds. The van der Waals surface area contributed by atoms with Crippen LogP contribution in [0.5, 0.6) is 0 Å². The van der Waals surface area contributed by atoms with Gasteiger partial charge in [0.1, 0.15) is 0 Å². The van der Waals surface area contributed by atoms with Crippen molar-refractivity contribution in [2.24, 2.45) is 23.2 Å². The third kappa shape index (κ3) is 2.36. The van der Waals surface area contributed by atoms with Crippen molar-refractivity contribution in [3.63, 3.8) is 0 Å². The molecular formula is C24H32O5. The molecule has 2 aliphatic heterocycles. The molecule has 4 aliphatic carbocycles. The smallest absolute Gasteiger partial charge is 0.174 e. The Morgan fingerprint density at radius 3 is 2.45 bits per heavy atom. The fourth-order valence-corrected chi connectivity index (χ4v) is 8.04. The fraction of sp³-hybridized carbons (Fsp3) is 0.833. The molecule has 2 spiro atoms. The van der Waals surface area contributed by atoms with Crippen molar-refractivity contribution in [3.8, 4) is 12.3 Å². The lowest BCUT2D eigenvalue weighted by Crippen LogP contribution is -2.56.